The number of guanidine groups is 1. The second-order valence-corrected chi connectivity index (χ2v) is 12.7. The molecule has 1 atom stereocenters. The van der Waals surface area contributed by atoms with E-state index >= 15 is 0 Å². The predicted octanol–water partition coefficient (Wildman–Crippen LogP) is 3.59. The number of nitrogens with one attached hydrogen (secondary N) is 2. The van der Waals surface area contributed by atoms with Crippen LogP contribution in [0.3, 0.4) is 0 Å². The van der Waals surface area contributed by atoms with Gasteiger partial charge in [-0.2, -0.15) is 0 Å². The van der Waals surface area contributed by atoms with E-state index in [-0.39, 0.29) is 36.2 Å². The van der Waals surface area contributed by atoms with Crippen molar-refractivity contribution < 1.29 is 23.1 Å². The highest BCUT2D eigenvalue weighted by molar-refractivity contribution is 7.92. The molecule has 1 amide bonds. The first-order valence-electron chi connectivity index (χ1n) is 11.7. The number of carbonyl (C=O) groups excluding carboxylic acids is 1. The number of nitrogens with zero attached hydrogens (tertiary/aromatic N) is 1. The summed E-state index contributed by atoms with van der Waals surface area (Å²) in [7, 11) is -4.18. The number of benzene rings is 2. The number of anilines is 1. The zero-order valence-electron chi connectivity index (χ0n) is 21.4. The Labute approximate surface area is 232 Å². The van der Waals surface area contributed by atoms with E-state index in [1.165, 1.54) is 6.07 Å². The molecule has 0 bridgehead atoms. The summed E-state index contributed by atoms with van der Waals surface area (Å²) in [5, 5.41) is 20.6. The highest BCUT2D eigenvalue weighted by Gasteiger charge is 2.28. The molecule has 0 aliphatic heterocycles. The summed E-state index contributed by atoms with van der Waals surface area (Å²) in [6.07, 6.45) is 0.142. The number of rotatable bonds is 11. The fourth-order valence-corrected chi connectivity index (χ4v) is 5.56. The topological polar surface area (TPSA) is 180 Å². The van der Waals surface area contributed by atoms with Crippen LogP contribution < -0.4 is 16.8 Å². The molecular weight excluding hydrogens is 553 g/mol. The van der Waals surface area contributed by atoms with E-state index in [0.717, 1.165) is 16.0 Å². The number of amides is 1. The summed E-state index contributed by atoms with van der Waals surface area (Å²) in [5.41, 5.74) is 12.6. The molecule has 13 heteroatoms. The van der Waals surface area contributed by atoms with Crippen LogP contribution >= 0.6 is 23.2 Å². The van der Waals surface area contributed by atoms with Crippen molar-refractivity contribution in [3.05, 3.63) is 57.6 Å². The lowest BCUT2D eigenvalue weighted by atomic mass is 9.87. The monoisotopic (exact) mass is 585 g/mol. The van der Waals surface area contributed by atoms with Gasteiger partial charge in [0, 0.05) is 23.1 Å². The van der Waals surface area contributed by atoms with E-state index in [9.17, 15) is 18.0 Å². The largest absolute Gasteiger partial charge is 0.480 e. The summed E-state index contributed by atoms with van der Waals surface area (Å²) < 4.78 is 26.8. The van der Waals surface area contributed by atoms with Crippen molar-refractivity contribution in [1.29, 1.82) is 5.41 Å². The lowest BCUT2D eigenvalue weighted by Crippen LogP contribution is -2.45. The molecule has 38 heavy (non-hydrogen) atoms. The molecule has 0 aromatic heterocycles. The summed E-state index contributed by atoms with van der Waals surface area (Å²) in [6, 6.07) is 8.70. The summed E-state index contributed by atoms with van der Waals surface area (Å²) in [6.45, 7) is 6.03. The minimum atomic E-state index is -4.18. The van der Waals surface area contributed by atoms with Gasteiger partial charge in [0.2, 0.25) is 5.91 Å². The van der Waals surface area contributed by atoms with Gasteiger partial charge in [-0.05, 0) is 59.7 Å². The van der Waals surface area contributed by atoms with Gasteiger partial charge >= 0.3 is 5.97 Å². The van der Waals surface area contributed by atoms with Crippen LogP contribution in [0.15, 0.2) is 41.3 Å². The molecule has 1 unspecified atom stereocenters. The molecule has 2 aromatic rings. The molecule has 10 nitrogen and oxygen atoms in total. The van der Waals surface area contributed by atoms with Gasteiger partial charge in [0.05, 0.1) is 10.6 Å². The molecule has 0 spiro atoms. The average molecular weight is 587 g/mol. The SMILES string of the molecule is CC(C)(C)c1ccc(S(=O)(=O)CC(=O)N(CCCC(N)C(=O)O)C(=N)N)c(NCc2cc(Cl)cc(Cl)c2)c1. The zero-order valence-corrected chi connectivity index (χ0v) is 23.8. The Morgan fingerprint density at radius 1 is 1.13 bits per heavy atom. The number of nitrogens with two attached hydrogens (primary N) is 2. The van der Waals surface area contributed by atoms with Gasteiger partial charge in [0.1, 0.15) is 11.8 Å². The van der Waals surface area contributed by atoms with Gasteiger partial charge in [-0.3, -0.25) is 19.9 Å². The first kappa shape index (κ1) is 31.4. The molecule has 0 radical (unpaired) electrons. The maximum Gasteiger partial charge on any atom is 0.320 e. The Bertz CT molecular complexity index is 1290. The third kappa shape index (κ3) is 8.87. The molecular formula is C25H33Cl2N5O5S. The molecule has 0 saturated heterocycles. The van der Waals surface area contributed by atoms with Crippen molar-refractivity contribution in [1.82, 2.24) is 4.90 Å². The first-order valence-corrected chi connectivity index (χ1v) is 14.1. The summed E-state index contributed by atoms with van der Waals surface area (Å²) in [5.74, 6) is -3.70. The molecule has 0 aliphatic carbocycles. The lowest BCUT2D eigenvalue weighted by molar-refractivity contribution is -0.138. The van der Waals surface area contributed by atoms with Gasteiger partial charge < -0.3 is 21.9 Å². The van der Waals surface area contributed by atoms with E-state index in [1.54, 1.807) is 30.3 Å². The van der Waals surface area contributed by atoms with E-state index in [1.807, 2.05) is 20.8 Å². The fourth-order valence-electron chi connectivity index (χ4n) is 3.61. The highest BCUT2D eigenvalue weighted by Crippen LogP contribution is 2.31. The Morgan fingerprint density at radius 2 is 1.74 bits per heavy atom. The number of hydrogen-bond donors (Lipinski definition) is 5. The van der Waals surface area contributed by atoms with Crippen LogP contribution in [0.4, 0.5) is 5.69 Å². The number of carboxylic acids is 1. The lowest BCUT2D eigenvalue weighted by Gasteiger charge is -2.23. The van der Waals surface area contributed by atoms with Crippen LogP contribution in [0.1, 0.15) is 44.7 Å². The smallest absolute Gasteiger partial charge is 0.320 e. The van der Waals surface area contributed by atoms with Crippen LogP contribution in [0.25, 0.3) is 0 Å². The van der Waals surface area contributed by atoms with Crippen LogP contribution in [-0.4, -0.2) is 54.6 Å². The highest BCUT2D eigenvalue weighted by atomic mass is 35.5. The number of halogens is 2. The second-order valence-electron chi connectivity index (χ2n) is 9.87. The van der Waals surface area contributed by atoms with E-state index < -0.39 is 39.5 Å². The molecule has 0 saturated carbocycles. The Kier molecular flexibility index (Phi) is 10.6. The molecule has 0 aliphatic rings. The Morgan fingerprint density at radius 3 is 2.26 bits per heavy atom. The number of hydrogen-bond acceptors (Lipinski definition) is 7. The third-order valence-electron chi connectivity index (χ3n) is 5.71. The van der Waals surface area contributed by atoms with Gasteiger partial charge in [-0.1, -0.05) is 50.0 Å². The van der Waals surface area contributed by atoms with Gasteiger partial charge in [-0.15, -0.1) is 0 Å². The number of aliphatic carboxylic acids is 1. The number of sulfone groups is 1. The minimum absolute atomic E-state index is 0.0228. The number of carboxylic acid groups (broad SMARTS) is 1. The zero-order chi connectivity index (χ0) is 28.8. The van der Waals surface area contributed by atoms with Gasteiger partial charge in [-0.25, -0.2) is 8.42 Å². The van der Waals surface area contributed by atoms with Crippen molar-refractivity contribution in [2.75, 3.05) is 17.6 Å². The second kappa shape index (κ2) is 12.8. The van der Waals surface area contributed by atoms with Crippen LogP contribution in [0.5, 0.6) is 0 Å². The predicted molar refractivity (Wildman–Crippen MR) is 149 cm³/mol. The molecule has 2 rings (SSSR count). The summed E-state index contributed by atoms with van der Waals surface area (Å²) in [4.78, 5) is 24.5. The van der Waals surface area contributed by atoms with Crippen molar-refractivity contribution in [3.8, 4) is 0 Å². The third-order valence-corrected chi connectivity index (χ3v) is 7.79. The van der Waals surface area contributed by atoms with Crippen molar-refractivity contribution in [3.63, 3.8) is 0 Å². The average Bonchev–Trinajstić information content (AvgIpc) is 2.78. The van der Waals surface area contributed by atoms with Crippen molar-refractivity contribution in [2.24, 2.45) is 11.5 Å². The molecule has 2 aromatic carbocycles. The molecule has 0 fully saturated rings. The van der Waals surface area contributed by atoms with E-state index in [0.29, 0.717) is 15.7 Å². The minimum Gasteiger partial charge on any atom is -0.480 e. The van der Waals surface area contributed by atoms with Gasteiger partial charge in [0.25, 0.3) is 0 Å². The normalized spacial score (nSPS) is 12.6. The summed E-state index contributed by atoms with van der Waals surface area (Å²) >= 11 is 12.2. The van der Waals surface area contributed by atoms with Crippen LogP contribution in [0, 0.1) is 5.41 Å². The Balaban J connectivity index is 2.33. The maximum absolute atomic E-state index is 13.4. The van der Waals surface area contributed by atoms with E-state index in [2.05, 4.69) is 5.32 Å². The van der Waals surface area contributed by atoms with Gasteiger partial charge in [0.15, 0.2) is 15.8 Å². The van der Waals surface area contributed by atoms with Crippen molar-refractivity contribution >= 4 is 56.6 Å². The van der Waals surface area contributed by atoms with E-state index in [4.69, 9.17) is 45.2 Å². The van der Waals surface area contributed by atoms with Crippen molar-refractivity contribution in [2.45, 2.75) is 56.5 Å². The molecule has 208 valence electrons. The molecule has 7 N–H and O–H groups in total. The standard InChI is InChI=1S/C25H33Cl2N5O5S/c1-25(2,3)16-6-7-21(20(11-16)31-13-15-9-17(26)12-18(27)10-15)38(36,37)14-22(33)32(24(29)30)8-4-5-19(28)23(34)35/h6-7,9-12,19,31H,4-5,8,13-14,28H2,1-3H3,(H3,29,30)(H,34,35). The number of carbonyl (C=O) groups is 2. The maximum atomic E-state index is 13.4. The fraction of sp³-hybridized carbons (Fsp3) is 0.400. The first-order chi connectivity index (χ1) is 17.5. The van der Waals surface area contributed by atoms with Crippen LogP contribution in [0.2, 0.25) is 10.0 Å². The van der Waals surface area contributed by atoms with Crippen LogP contribution in [-0.2, 0) is 31.4 Å². The Hall–Kier alpha value is -2.86. The quantitative estimate of drug-likeness (QED) is 0.196. The molecule has 0 heterocycles.